The van der Waals surface area contributed by atoms with Gasteiger partial charge in [-0.2, -0.15) is 26.3 Å². The summed E-state index contributed by atoms with van der Waals surface area (Å²) in [5, 5.41) is 0. The molecule has 12 nitrogen and oxygen atoms in total. The fourth-order valence-electron chi connectivity index (χ4n) is 10.3. The van der Waals surface area contributed by atoms with Gasteiger partial charge >= 0.3 is 24.3 Å². The second-order valence-corrected chi connectivity index (χ2v) is 16.2. The first-order chi connectivity index (χ1) is 24.8. The first-order valence-corrected chi connectivity index (χ1v) is 18.1. The summed E-state index contributed by atoms with van der Waals surface area (Å²) in [6.07, 6.45) is -10.7. The Balaban J connectivity index is 0.990. The van der Waals surface area contributed by atoms with E-state index in [0.29, 0.717) is 38.5 Å². The van der Waals surface area contributed by atoms with E-state index < -0.39 is 114 Å². The van der Waals surface area contributed by atoms with Crippen molar-refractivity contribution in [3.8, 4) is 0 Å². The zero-order valence-corrected chi connectivity index (χ0v) is 29.6. The fourth-order valence-corrected chi connectivity index (χ4v) is 10.3. The number of alkyl halides is 6. The highest BCUT2D eigenvalue weighted by atomic mass is 19.4. The maximum Gasteiger partial charge on any atom is 0.449 e. The number of carbonyl (C=O) groups is 2. The summed E-state index contributed by atoms with van der Waals surface area (Å²) in [4.78, 5) is 48.9. The highest BCUT2D eigenvalue weighted by molar-refractivity contribution is 5.91. The highest BCUT2D eigenvalue weighted by Crippen LogP contribution is 2.63. The van der Waals surface area contributed by atoms with Crippen LogP contribution in [0.15, 0.2) is 22.7 Å². The van der Waals surface area contributed by atoms with Crippen LogP contribution in [0.3, 0.4) is 0 Å². The predicted octanol–water partition coefficient (Wildman–Crippen LogP) is 6.59. The van der Waals surface area contributed by atoms with Crippen molar-refractivity contribution >= 4 is 11.9 Å². The van der Waals surface area contributed by atoms with Gasteiger partial charge in [-0.05, 0) is 64.2 Å². The topological polar surface area (TPSA) is 126 Å². The van der Waals surface area contributed by atoms with Gasteiger partial charge < -0.3 is 28.4 Å². The molecule has 8 fully saturated rings. The molecule has 0 radical (unpaired) electrons. The quantitative estimate of drug-likeness (QED) is 0.125. The van der Waals surface area contributed by atoms with Gasteiger partial charge in [-0.15, -0.1) is 0 Å². The number of rotatable bonds is 6. The van der Waals surface area contributed by atoms with E-state index in [0.717, 1.165) is 0 Å². The maximum absolute atomic E-state index is 14.5. The predicted molar refractivity (Wildman–Crippen MR) is 160 cm³/mol. The number of ether oxygens (including phenoxy) is 6. The van der Waals surface area contributed by atoms with E-state index in [9.17, 15) is 35.9 Å². The van der Waals surface area contributed by atoms with Crippen LogP contribution in [0.4, 0.5) is 26.3 Å². The molecule has 4 bridgehead atoms. The molecule has 2 saturated carbocycles. The van der Waals surface area contributed by atoms with Crippen molar-refractivity contribution in [3.05, 3.63) is 22.7 Å². The Morgan fingerprint density at radius 2 is 1.04 bits per heavy atom. The molecule has 0 aromatic heterocycles. The molecule has 8 aliphatic heterocycles. The SMILES string of the molecule is C[C@@H]1CC[C@H]2C(COC(=O)CC(=O)OCC3=C(C(F)(F)F)O[C@@H]4O[C@]5(C)CCC6[C@H](C)CC[C@@H]3[C@]64OO5)=C(C(F)(F)F)O[C@@H]3O[C@]4(C)CCC1[C@]32OO4. The fraction of sp³-hybridized carbons (Fsp3) is 0.829. The van der Waals surface area contributed by atoms with Crippen LogP contribution in [-0.2, 0) is 57.6 Å². The Morgan fingerprint density at radius 1 is 0.642 bits per heavy atom. The molecule has 0 amide bonds. The van der Waals surface area contributed by atoms with Gasteiger partial charge in [0.1, 0.15) is 19.6 Å². The van der Waals surface area contributed by atoms with E-state index in [4.69, 9.17) is 48.0 Å². The molecule has 53 heavy (non-hydrogen) atoms. The molecule has 8 heterocycles. The van der Waals surface area contributed by atoms with Crippen LogP contribution >= 0.6 is 0 Å². The number of hydrogen-bond donors (Lipinski definition) is 0. The maximum atomic E-state index is 14.5. The molecule has 0 aromatic carbocycles. The summed E-state index contributed by atoms with van der Waals surface area (Å²) in [6.45, 7) is 5.27. The normalized spacial score (nSPS) is 44.6. The lowest BCUT2D eigenvalue weighted by atomic mass is 9.59. The zero-order valence-electron chi connectivity index (χ0n) is 29.6. The van der Waals surface area contributed by atoms with Crippen LogP contribution < -0.4 is 0 Å². The molecular formula is C35H42F6O12. The van der Waals surface area contributed by atoms with Crippen LogP contribution in [0, 0.1) is 35.5 Å². The molecule has 10 rings (SSSR count). The van der Waals surface area contributed by atoms with Crippen molar-refractivity contribution in [2.45, 2.75) is 133 Å². The van der Waals surface area contributed by atoms with Gasteiger partial charge in [0.05, 0.1) is 0 Å². The molecule has 0 N–H and O–H groups in total. The van der Waals surface area contributed by atoms with Gasteiger partial charge in [0.25, 0.3) is 0 Å². The average Bonchev–Trinajstić information content (AvgIpc) is 3.45. The monoisotopic (exact) mass is 768 g/mol. The molecule has 296 valence electrons. The minimum absolute atomic E-state index is 0.0272. The third kappa shape index (κ3) is 5.87. The summed E-state index contributed by atoms with van der Waals surface area (Å²) in [6, 6.07) is 0. The first-order valence-electron chi connectivity index (χ1n) is 18.1. The van der Waals surface area contributed by atoms with E-state index in [-0.39, 0.29) is 36.5 Å². The third-order valence-electron chi connectivity index (χ3n) is 12.9. The van der Waals surface area contributed by atoms with Crippen molar-refractivity contribution in [2.75, 3.05) is 13.2 Å². The van der Waals surface area contributed by atoms with Gasteiger partial charge in [0.2, 0.25) is 35.7 Å². The molecular weight excluding hydrogens is 726 g/mol. The van der Waals surface area contributed by atoms with E-state index in [1.54, 1.807) is 13.8 Å². The van der Waals surface area contributed by atoms with E-state index >= 15 is 0 Å². The Morgan fingerprint density at radius 3 is 1.42 bits per heavy atom. The summed E-state index contributed by atoms with van der Waals surface area (Å²) in [7, 11) is 0. The molecule has 12 atom stereocenters. The van der Waals surface area contributed by atoms with Crippen LogP contribution in [-0.4, -0.2) is 72.9 Å². The largest absolute Gasteiger partial charge is 0.461 e. The average molecular weight is 769 g/mol. The summed E-state index contributed by atoms with van der Waals surface area (Å²) in [5.74, 6) is -10.4. The molecule has 6 saturated heterocycles. The lowest BCUT2D eigenvalue weighted by molar-refractivity contribution is -0.558. The number of esters is 2. The molecule has 18 heteroatoms. The number of hydrogen-bond acceptors (Lipinski definition) is 12. The van der Waals surface area contributed by atoms with E-state index in [1.807, 2.05) is 13.8 Å². The van der Waals surface area contributed by atoms with Gasteiger partial charge in [-0.1, -0.05) is 13.8 Å². The van der Waals surface area contributed by atoms with E-state index in [2.05, 4.69) is 0 Å². The Labute approximate surface area is 300 Å². The second kappa shape index (κ2) is 12.4. The molecule has 2 aliphatic carbocycles. The van der Waals surface area contributed by atoms with Crippen LogP contribution in [0.2, 0.25) is 0 Å². The lowest BCUT2D eigenvalue weighted by Gasteiger charge is -2.57. The van der Waals surface area contributed by atoms with Crippen molar-refractivity contribution in [1.82, 2.24) is 0 Å². The standard InChI is InChI=1S/C35H42F6O12/c1-16-5-7-22-18(26(34(36,37)38)46-28-32(22)20(16)9-11-30(3,48-28)50-52-32)14-44-24(42)13-25(43)45-15-19-23-8-6-17(2)21-10-12-31(4)49-29(33(21,23)53-51-31)47-27(19)35(39,40)41/h16-17,20-23,28-29H,5-15H2,1-4H3/t16-,17-,20?,21?,22+,23+,28-,29-,30+,31+,32-,33-/m1/s1. The summed E-state index contributed by atoms with van der Waals surface area (Å²) >= 11 is 0. The van der Waals surface area contributed by atoms with Gasteiger partial charge in [-0.25, -0.2) is 19.6 Å². The van der Waals surface area contributed by atoms with Crippen LogP contribution in [0.25, 0.3) is 0 Å². The minimum atomic E-state index is -4.99. The van der Waals surface area contributed by atoms with Gasteiger partial charge in [-0.3, -0.25) is 9.59 Å². The number of allylic oxidation sites excluding steroid dienone is 2. The Bertz CT molecular complexity index is 1480. The van der Waals surface area contributed by atoms with Crippen LogP contribution in [0.5, 0.6) is 0 Å². The highest BCUT2D eigenvalue weighted by Gasteiger charge is 2.72. The smallest absolute Gasteiger partial charge is 0.449 e. The van der Waals surface area contributed by atoms with Crippen LogP contribution in [0.1, 0.15) is 85.5 Å². The van der Waals surface area contributed by atoms with Crippen molar-refractivity contribution < 1.29 is 83.9 Å². The summed E-state index contributed by atoms with van der Waals surface area (Å²) < 4.78 is 120. The lowest BCUT2D eigenvalue weighted by Crippen LogP contribution is -2.67. The number of halogens is 6. The molecule has 10 aliphatic rings. The van der Waals surface area contributed by atoms with E-state index in [1.165, 1.54) is 0 Å². The number of carbonyl (C=O) groups excluding carboxylic acids is 2. The number of fused-ring (bicyclic) bond motifs is 4. The second-order valence-electron chi connectivity index (χ2n) is 16.2. The van der Waals surface area contributed by atoms with Gasteiger partial charge in [0, 0.05) is 47.7 Å². The minimum Gasteiger partial charge on any atom is -0.461 e. The molecule has 2 spiro atoms. The summed E-state index contributed by atoms with van der Waals surface area (Å²) in [5.41, 5.74) is -3.68. The zero-order chi connectivity index (χ0) is 37.9. The van der Waals surface area contributed by atoms with Gasteiger partial charge in [0.15, 0.2) is 11.2 Å². The Kier molecular flexibility index (Phi) is 8.75. The third-order valence-corrected chi connectivity index (χ3v) is 12.9. The Hall–Kier alpha value is -2.64. The molecule has 0 aromatic rings. The molecule has 2 unspecified atom stereocenters. The van der Waals surface area contributed by atoms with Crippen molar-refractivity contribution in [3.63, 3.8) is 0 Å². The van der Waals surface area contributed by atoms with Crippen molar-refractivity contribution in [2.24, 2.45) is 35.5 Å². The van der Waals surface area contributed by atoms with Crippen molar-refractivity contribution in [1.29, 1.82) is 0 Å². The first kappa shape index (κ1) is 37.3.